The summed E-state index contributed by atoms with van der Waals surface area (Å²) in [5.74, 6) is -1.16. The molecule has 0 fully saturated rings. The molecular formula is C16H26O4. The highest BCUT2D eigenvalue weighted by Crippen LogP contribution is 2.08. The van der Waals surface area contributed by atoms with Crippen molar-refractivity contribution in [3.63, 3.8) is 0 Å². The van der Waals surface area contributed by atoms with Crippen LogP contribution in [0.2, 0.25) is 0 Å². The molecule has 1 rings (SSSR count). The predicted molar refractivity (Wildman–Crippen MR) is 79.0 cm³/mol. The van der Waals surface area contributed by atoms with E-state index >= 15 is 0 Å². The summed E-state index contributed by atoms with van der Waals surface area (Å²) < 4.78 is 9.01. The normalized spacial score (nSPS) is 12.7. The van der Waals surface area contributed by atoms with Gasteiger partial charge in [0.05, 0.1) is 12.9 Å². The van der Waals surface area contributed by atoms with Crippen molar-refractivity contribution >= 4 is 11.9 Å². The van der Waals surface area contributed by atoms with E-state index in [4.69, 9.17) is 4.74 Å². The molecule has 4 nitrogen and oxygen atoms in total. The highest BCUT2D eigenvalue weighted by atomic mass is 16.6. The lowest BCUT2D eigenvalue weighted by atomic mass is 10.1. The number of hydrogen-bond donors (Lipinski definition) is 0. The zero-order valence-electron chi connectivity index (χ0n) is 12.4. The maximum absolute atomic E-state index is 9.92. The number of rotatable bonds is 10. The van der Waals surface area contributed by atoms with Gasteiger partial charge in [0.25, 0.3) is 0 Å². The van der Waals surface area contributed by atoms with E-state index in [-0.39, 0.29) is 0 Å². The minimum absolute atomic E-state index is 0.579. The number of carbonyl (C=O) groups is 2. The van der Waals surface area contributed by atoms with Crippen LogP contribution in [0, 0.1) is 0 Å². The molecule has 0 aromatic heterocycles. The summed E-state index contributed by atoms with van der Waals surface area (Å²) in [4.78, 5) is 19.8. The molecule has 0 aromatic rings. The zero-order chi connectivity index (χ0) is 15.1. The summed E-state index contributed by atoms with van der Waals surface area (Å²) in [5, 5.41) is 0. The SMILES string of the molecule is C=COCCCCCCCCCC.O=C1C=CC(=O)O1. The molecule has 0 spiro atoms. The monoisotopic (exact) mass is 282 g/mol. The molecular weight excluding hydrogens is 256 g/mol. The van der Waals surface area contributed by atoms with Crippen LogP contribution in [-0.2, 0) is 19.1 Å². The number of cyclic esters (lactones) is 2. The maximum Gasteiger partial charge on any atom is 0.338 e. The van der Waals surface area contributed by atoms with Gasteiger partial charge in [-0.1, -0.05) is 58.4 Å². The van der Waals surface area contributed by atoms with E-state index in [2.05, 4.69) is 18.2 Å². The van der Waals surface area contributed by atoms with Crippen molar-refractivity contribution < 1.29 is 19.1 Å². The molecule has 0 amide bonds. The summed E-state index contributed by atoms with van der Waals surface area (Å²) in [6, 6.07) is 0. The minimum Gasteiger partial charge on any atom is -0.502 e. The average Bonchev–Trinajstić information content (AvgIpc) is 2.81. The van der Waals surface area contributed by atoms with E-state index in [1.54, 1.807) is 0 Å². The third-order valence-electron chi connectivity index (χ3n) is 2.79. The van der Waals surface area contributed by atoms with Crippen molar-refractivity contribution in [2.75, 3.05) is 6.61 Å². The maximum atomic E-state index is 9.92. The number of unbranched alkanes of at least 4 members (excludes halogenated alkanes) is 7. The van der Waals surface area contributed by atoms with Gasteiger partial charge in [-0.05, 0) is 6.42 Å². The van der Waals surface area contributed by atoms with Gasteiger partial charge in [0.1, 0.15) is 0 Å². The molecule has 0 atom stereocenters. The molecule has 0 bridgehead atoms. The van der Waals surface area contributed by atoms with E-state index < -0.39 is 11.9 Å². The molecule has 0 radical (unpaired) electrons. The summed E-state index contributed by atoms with van der Waals surface area (Å²) >= 11 is 0. The Labute approximate surface area is 121 Å². The largest absolute Gasteiger partial charge is 0.502 e. The fraction of sp³-hybridized carbons (Fsp3) is 0.625. The van der Waals surface area contributed by atoms with E-state index in [9.17, 15) is 9.59 Å². The predicted octanol–water partition coefficient (Wildman–Crippen LogP) is 3.91. The lowest BCUT2D eigenvalue weighted by Gasteiger charge is -2.01. The van der Waals surface area contributed by atoms with Gasteiger partial charge in [-0.3, -0.25) is 0 Å². The van der Waals surface area contributed by atoms with Gasteiger partial charge in [0.15, 0.2) is 0 Å². The molecule has 114 valence electrons. The second-order valence-electron chi connectivity index (χ2n) is 4.59. The Balaban J connectivity index is 0.000000428. The van der Waals surface area contributed by atoms with Gasteiger partial charge >= 0.3 is 11.9 Å². The first-order valence-corrected chi connectivity index (χ1v) is 7.37. The van der Waals surface area contributed by atoms with Crippen LogP contribution in [0.3, 0.4) is 0 Å². The topological polar surface area (TPSA) is 52.6 Å². The summed E-state index contributed by atoms with van der Waals surface area (Å²) in [6.45, 7) is 6.61. The number of hydrogen-bond acceptors (Lipinski definition) is 4. The van der Waals surface area contributed by atoms with Crippen LogP contribution in [0.5, 0.6) is 0 Å². The zero-order valence-corrected chi connectivity index (χ0v) is 12.4. The van der Waals surface area contributed by atoms with Crippen molar-refractivity contribution in [3.8, 4) is 0 Å². The molecule has 0 aliphatic carbocycles. The standard InChI is InChI=1S/C12H24O.C4H2O3/c1-3-5-6-7-8-9-10-11-12-13-4-2;5-3-1-2-4(6)7-3/h4H,2-3,5-12H2,1H3;1-2H. The molecule has 0 N–H and O–H groups in total. The molecule has 0 unspecified atom stereocenters. The van der Waals surface area contributed by atoms with E-state index in [1.165, 1.54) is 57.6 Å². The number of ether oxygens (including phenoxy) is 2. The lowest BCUT2D eigenvalue weighted by molar-refractivity contribution is -0.150. The van der Waals surface area contributed by atoms with Crippen LogP contribution >= 0.6 is 0 Å². The Morgan fingerprint density at radius 2 is 1.50 bits per heavy atom. The first-order chi connectivity index (χ1) is 9.70. The quantitative estimate of drug-likeness (QED) is 0.264. The van der Waals surface area contributed by atoms with Gasteiger partial charge in [-0.25, -0.2) is 9.59 Å². The smallest absolute Gasteiger partial charge is 0.338 e. The molecule has 4 heteroatoms. The molecule has 1 aliphatic rings. The minimum atomic E-state index is -0.579. The second kappa shape index (κ2) is 13.8. The Kier molecular flexibility index (Phi) is 12.7. The summed E-state index contributed by atoms with van der Waals surface area (Å²) in [6.07, 6.45) is 14.5. The fourth-order valence-electron chi connectivity index (χ4n) is 1.71. The average molecular weight is 282 g/mol. The van der Waals surface area contributed by atoms with Crippen LogP contribution in [-0.4, -0.2) is 18.5 Å². The molecule has 1 heterocycles. The molecule has 1 aliphatic heterocycles. The second-order valence-corrected chi connectivity index (χ2v) is 4.59. The first-order valence-electron chi connectivity index (χ1n) is 7.37. The Hall–Kier alpha value is -1.58. The van der Waals surface area contributed by atoms with E-state index in [1.807, 2.05) is 0 Å². The van der Waals surface area contributed by atoms with Crippen molar-refractivity contribution in [2.24, 2.45) is 0 Å². The molecule has 20 heavy (non-hydrogen) atoms. The van der Waals surface area contributed by atoms with Crippen molar-refractivity contribution in [1.29, 1.82) is 0 Å². The van der Waals surface area contributed by atoms with Crippen molar-refractivity contribution in [1.82, 2.24) is 0 Å². The van der Waals surface area contributed by atoms with Gasteiger partial charge in [0.2, 0.25) is 0 Å². The Bertz CT molecular complexity index is 292. The number of carbonyl (C=O) groups excluding carboxylic acids is 2. The van der Waals surface area contributed by atoms with Gasteiger partial charge in [0, 0.05) is 12.2 Å². The lowest BCUT2D eigenvalue weighted by Crippen LogP contribution is -1.96. The molecule has 0 aromatic carbocycles. The highest BCUT2D eigenvalue weighted by molar-refractivity contribution is 6.04. The summed E-state index contributed by atoms with van der Waals surface area (Å²) in [7, 11) is 0. The van der Waals surface area contributed by atoms with Crippen LogP contribution in [0.25, 0.3) is 0 Å². The fourth-order valence-corrected chi connectivity index (χ4v) is 1.71. The van der Waals surface area contributed by atoms with Gasteiger partial charge in [-0.15, -0.1) is 0 Å². The van der Waals surface area contributed by atoms with E-state index in [0.29, 0.717) is 0 Å². The molecule has 0 saturated heterocycles. The van der Waals surface area contributed by atoms with Gasteiger partial charge in [-0.2, -0.15) is 0 Å². The van der Waals surface area contributed by atoms with E-state index in [0.717, 1.165) is 18.8 Å². The molecule has 0 saturated carbocycles. The van der Waals surface area contributed by atoms with Gasteiger partial charge < -0.3 is 9.47 Å². The third kappa shape index (κ3) is 12.9. The van der Waals surface area contributed by atoms with Crippen LogP contribution in [0.1, 0.15) is 58.3 Å². The first kappa shape index (κ1) is 18.4. The Morgan fingerprint density at radius 3 is 1.90 bits per heavy atom. The number of esters is 2. The third-order valence-corrected chi connectivity index (χ3v) is 2.79. The van der Waals surface area contributed by atoms with Crippen LogP contribution in [0.4, 0.5) is 0 Å². The highest BCUT2D eigenvalue weighted by Gasteiger charge is 2.10. The van der Waals surface area contributed by atoms with Crippen molar-refractivity contribution in [2.45, 2.75) is 58.3 Å². The van der Waals surface area contributed by atoms with Crippen LogP contribution < -0.4 is 0 Å². The van der Waals surface area contributed by atoms with Crippen molar-refractivity contribution in [3.05, 3.63) is 25.0 Å². The van der Waals surface area contributed by atoms with Crippen LogP contribution in [0.15, 0.2) is 25.0 Å². The summed E-state index contributed by atoms with van der Waals surface area (Å²) in [5.41, 5.74) is 0. The Morgan fingerprint density at radius 1 is 1.00 bits per heavy atom.